The quantitative estimate of drug-likeness (QED) is 0.665. The maximum Gasteiger partial charge on any atom is 0.416 e. The minimum atomic E-state index is -4.26. The maximum absolute atomic E-state index is 12.7. The Morgan fingerprint density at radius 2 is 1.73 bits per heavy atom. The molecular weight excluding hydrogens is 269 g/mol. The number of rotatable bonds is 1. The van der Waals surface area contributed by atoms with Crippen LogP contribution in [0.4, 0.5) is 13.2 Å². The van der Waals surface area contributed by atoms with Crippen LogP contribution >= 0.6 is 15.9 Å². The zero-order chi connectivity index (χ0) is 11.1. The van der Waals surface area contributed by atoms with Gasteiger partial charge >= 0.3 is 6.18 Å². The summed E-state index contributed by atoms with van der Waals surface area (Å²) in [5.74, 6) is 0. The summed E-state index contributed by atoms with van der Waals surface area (Å²) >= 11 is 3.42. The van der Waals surface area contributed by atoms with Crippen molar-refractivity contribution in [1.29, 1.82) is 0 Å². The van der Waals surface area contributed by atoms with E-state index in [1.807, 2.05) is 0 Å². The van der Waals surface area contributed by atoms with E-state index >= 15 is 0 Å². The van der Waals surface area contributed by atoms with E-state index in [-0.39, 0.29) is 0 Å². The van der Waals surface area contributed by atoms with Gasteiger partial charge in [0, 0.05) is 0 Å². The highest BCUT2D eigenvalue weighted by molar-refractivity contribution is 9.09. The van der Waals surface area contributed by atoms with Gasteiger partial charge in [-0.3, -0.25) is 0 Å². The van der Waals surface area contributed by atoms with Crippen molar-refractivity contribution in [2.24, 2.45) is 0 Å². The minimum Gasteiger partial charge on any atom is -0.166 e. The van der Waals surface area contributed by atoms with Crippen molar-refractivity contribution in [2.45, 2.75) is 29.8 Å². The number of hydrogen-bond acceptors (Lipinski definition) is 0. The first kappa shape index (κ1) is 11.0. The minimum absolute atomic E-state index is 0.378. The fraction of sp³-hybridized carbons (Fsp3) is 0.455. The normalized spacial score (nSPS) is 19.7. The summed E-state index contributed by atoms with van der Waals surface area (Å²) in [5.41, 5.74) is -0.134. The van der Waals surface area contributed by atoms with Crippen LogP contribution in [0.25, 0.3) is 0 Å². The number of alkyl halides is 4. The molecule has 0 spiro atoms. The SMILES string of the molecule is FC(F)(F)c1ccccc1C1(Br)CCC1. The van der Waals surface area contributed by atoms with Crippen LogP contribution in [-0.2, 0) is 10.5 Å². The van der Waals surface area contributed by atoms with Gasteiger partial charge in [-0.15, -0.1) is 0 Å². The summed E-state index contributed by atoms with van der Waals surface area (Å²) < 4.78 is 37.7. The Morgan fingerprint density at radius 3 is 2.20 bits per heavy atom. The van der Waals surface area contributed by atoms with Gasteiger partial charge in [-0.1, -0.05) is 34.1 Å². The molecule has 0 aromatic heterocycles. The Hall–Kier alpha value is -0.510. The molecule has 1 saturated carbocycles. The van der Waals surface area contributed by atoms with Crippen molar-refractivity contribution >= 4 is 15.9 Å². The molecule has 82 valence electrons. The van der Waals surface area contributed by atoms with Crippen LogP contribution in [0.3, 0.4) is 0 Å². The lowest BCUT2D eigenvalue weighted by Gasteiger charge is -2.38. The van der Waals surface area contributed by atoms with Crippen molar-refractivity contribution < 1.29 is 13.2 Å². The molecule has 4 heteroatoms. The fourth-order valence-electron chi connectivity index (χ4n) is 1.88. The summed E-state index contributed by atoms with van der Waals surface area (Å²) in [6, 6.07) is 5.81. The zero-order valence-corrected chi connectivity index (χ0v) is 9.53. The third-order valence-corrected chi connectivity index (χ3v) is 4.08. The van der Waals surface area contributed by atoms with Gasteiger partial charge in [-0.05, 0) is 30.9 Å². The predicted molar refractivity (Wildman–Crippen MR) is 55.9 cm³/mol. The van der Waals surface area contributed by atoms with E-state index in [4.69, 9.17) is 0 Å². The van der Waals surface area contributed by atoms with Crippen LogP contribution in [0.5, 0.6) is 0 Å². The summed E-state index contributed by atoms with van der Waals surface area (Å²) in [6.45, 7) is 0. The highest BCUT2D eigenvalue weighted by atomic mass is 79.9. The van der Waals surface area contributed by atoms with Gasteiger partial charge < -0.3 is 0 Å². The van der Waals surface area contributed by atoms with Crippen molar-refractivity contribution in [1.82, 2.24) is 0 Å². The highest BCUT2D eigenvalue weighted by Gasteiger charge is 2.43. The predicted octanol–water partition coefficient (Wildman–Crippen LogP) is 4.48. The van der Waals surface area contributed by atoms with Crippen molar-refractivity contribution in [2.75, 3.05) is 0 Å². The van der Waals surface area contributed by atoms with E-state index < -0.39 is 16.1 Å². The first-order valence-corrected chi connectivity index (χ1v) is 5.58. The third kappa shape index (κ3) is 1.92. The molecule has 15 heavy (non-hydrogen) atoms. The lowest BCUT2D eigenvalue weighted by atomic mass is 9.78. The molecule has 1 aliphatic carbocycles. The van der Waals surface area contributed by atoms with E-state index in [9.17, 15) is 13.2 Å². The molecule has 0 heterocycles. The molecule has 0 unspecified atom stereocenters. The summed E-state index contributed by atoms with van der Waals surface area (Å²) in [6.07, 6.45) is -1.72. The summed E-state index contributed by atoms with van der Waals surface area (Å²) in [4.78, 5) is 0. The Morgan fingerprint density at radius 1 is 1.13 bits per heavy atom. The largest absolute Gasteiger partial charge is 0.416 e. The van der Waals surface area contributed by atoms with Crippen LogP contribution < -0.4 is 0 Å². The van der Waals surface area contributed by atoms with Crippen molar-refractivity contribution in [3.8, 4) is 0 Å². The average molecular weight is 279 g/mol. The monoisotopic (exact) mass is 278 g/mol. The molecule has 0 nitrogen and oxygen atoms in total. The van der Waals surface area contributed by atoms with E-state index in [1.165, 1.54) is 6.07 Å². The van der Waals surface area contributed by atoms with E-state index in [1.54, 1.807) is 12.1 Å². The second-order valence-corrected chi connectivity index (χ2v) is 5.38. The van der Waals surface area contributed by atoms with Crippen LogP contribution in [-0.4, -0.2) is 0 Å². The fourth-order valence-corrected chi connectivity index (χ4v) is 2.78. The molecule has 1 aromatic carbocycles. The maximum atomic E-state index is 12.7. The zero-order valence-electron chi connectivity index (χ0n) is 7.94. The molecule has 2 rings (SSSR count). The molecule has 0 saturated heterocycles. The molecule has 0 N–H and O–H groups in total. The van der Waals surface area contributed by atoms with Crippen LogP contribution in [0, 0.1) is 0 Å². The molecule has 0 radical (unpaired) electrons. The van der Waals surface area contributed by atoms with Crippen molar-refractivity contribution in [3.63, 3.8) is 0 Å². The van der Waals surface area contributed by atoms with Gasteiger partial charge in [-0.25, -0.2) is 0 Å². The molecule has 1 aliphatic rings. The highest BCUT2D eigenvalue weighted by Crippen LogP contribution is 2.52. The molecule has 0 aliphatic heterocycles. The molecule has 0 bridgehead atoms. The summed E-state index contributed by atoms with van der Waals surface area (Å²) in [7, 11) is 0. The molecule has 0 atom stereocenters. The Kier molecular flexibility index (Phi) is 2.57. The molecule has 1 fully saturated rings. The van der Waals surface area contributed by atoms with E-state index in [2.05, 4.69) is 15.9 Å². The van der Waals surface area contributed by atoms with Gasteiger partial charge in [0.2, 0.25) is 0 Å². The van der Waals surface area contributed by atoms with Crippen LogP contribution in [0.2, 0.25) is 0 Å². The summed E-state index contributed by atoms with van der Waals surface area (Å²) in [5, 5.41) is 0. The first-order valence-electron chi connectivity index (χ1n) is 4.79. The third-order valence-electron chi connectivity index (χ3n) is 2.86. The number of hydrogen-bond donors (Lipinski definition) is 0. The number of benzene rings is 1. The lowest BCUT2D eigenvalue weighted by Crippen LogP contribution is -2.29. The second kappa shape index (κ2) is 3.51. The van der Waals surface area contributed by atoms with Crippen molar-refractivity contribution in [3.05, 3.63) is 35.4 Å². The standard InChI is InChI=1S/C11H10BrF3/c12-10(6-3-7-10)8-4-1-2-5-9(8)11(13,14)15/h1-2,4-5H,3,6-7H2. The Labute approximate surface area is 94.6 Å². The van der Waals surface area contributed by atoms with Gasteiger partial charge in [0.1, 0.15) is 0 Å². The first-order chi connectivity index (χ1) is 6.93. The van der Waals surface area contributed by atoms with Crippen LogP contribution in [0.15, 0.2) is 24.3 Å². The topological polar surface area (TPSA) is 0 Å². The van der Waals surface area contributed by atoms with Gasteiger partial charge in [0.25, 0.3) is 0 Å². The smallest absolute Gasteiger partial charge is 0.166 e. The molecular formula is C11H10BrF3. The average Bonchev–Trinajstić information content (AvgIpc) is 2.13. The van der Waals surface area contributed by atoms with Gasteiger partial charge in [0.05, 0.1) is 9.89 Å². The Bertz CT molecular complexity index is 366. The molecule has 1 aromatic rings. The molecule has 0 amide bonds. The van der Waals surface area contributed by atoms with Gasteiger partial charge in [0.15, 0.2) is 0 Å². The Balaban J connectivity index is 2.47. The lowest BCUT2D eigenvalue weighted by molar-refractivity contribution is -0.138. The second-order valence-electron chi connectivity index (χ2n) is 3.86. The van der Waals surface area contributed by atoms with Crippen LogP contribution in [0.1, 0.15) is 30.4 Å². The number of halogens is 4. The van der Waals surface area contributed by atoms with Gasteiger partial charge in [-0.2, -0.15) is 13.2 Å². The van der Waals surface area contributed by atoms with E-state index in [0.717, 1.165) is 25.3 Å². The van der Waals surface area contributed by atoms with E-state index in [0.29, 0.717) is 5.56 Å².